The average Bonchev–Trinajstić information content (AvgIpc) is 3.47. The number of nitrogens with one attached hydrogen (secondary N) is 1. The van der Waals surface area contributed by atoms with E-state index in [1.165, 1.54) is 12.1 Å². The van der Waals surface area contributed by atoms with Crippen molar-refractivity contribution in [1.29, 1.82) is 0 Å². The Hall–Kier alpha value is -3.31. The third kappa shape index (κ3) is 5.73. The first-order valence-electron chi connectivity index (χ1n) is 11.4. The van der Waals surface area contributed by atoms with Gasteiger partial charge in [-0.1, -0.05) is 66.2 Å². The van der Waals surface area contributed by atoms with Gasteiger partial charge >= 0.3 is 0 Å². The standard InChI is InChI=1S/C27H20BrClN4O3S2/c1-17-30-22-11-12-23(27(34)32-38(35,36)25-14-13-24(28)37-25)31-26(22)33(17)16-20-10-9-19(15-21(20)29)8-7-18-5-3-2-4-6-18/h2-15H,16H2,1H3,(H,32,34). The highest BCUT2D eigenvalue weighted by atomic mass is 79.9. The van der Waals surface area contributed by atoms with Gasteiger partial charge in [0.2, 0.25) is 0 Å². The predicted octanol–water partition coefficient (Wildman–Crippen LogP) is 6.55. The van der Waals surface area contributed by atoms with Crippen molar-refractivity contribution in [1.82, 2.24) is 19.3 Å². The number of aryl methyl sites for hydroxylation is 1. The molecule has 0 aliphatic heterocycles. The van der Waals surface area contributed by atoms with Gasteiger partial charge in [0.15, 0.2) is 5.65 Å². The first-order chi connectivity index (χ1) is 18.2. The number of aromatic nitrogens is 3. The number of nitrogens with zero attached hydrogens (tertiary/aromatic N) is 3. The molecule has 0 aliphatic rings. The molecule has 0 radical (unpaired) electrons. The minimum atomic E-state index is -4.02. The quantitative estimate of drug-likeness (QED) is 0.207. The fourth-order valence-electron chi connectivity index (χ4n) is 3.82. The Morgan fingerprint density at radius 3 is 2.50 bits per heavy atom. The van der Waals surface area contributed by atoms with E-state index < -0.39 is 15.9 Å². The van der Waals surface area contributed by atoms with Crippen LogP contribution in [0.25, 0.3) is 23.3 Å². The van der Waals surface area contributed by atoms with Gasteiger partial charge in [-0.05, 0) is 69.9 Å². The van der Waals surface area contributed by atoms with Crippen LogP contribution in [0, 0.1) is 6.92 Å². The second kappa shape index (κ2) is 10.8. The van der Waals surface area contributed by atoms with Crippen LogP contribution < -0.4 is 4.72 Å². The molecule has 0 spiro atoms. The number of pyridine rings is 1. The number of carbonyl (C=O) groups is 1. The molecular formula is C27H20BrClN4O3S2. The summed E-state index contributed by atoms with van der Waals surface area (Å²) in [6, 6.07) is 21.9. The summed E-state index contributed by atoms with van der Waals surface area (Å²) >= 11 is 10.9. The number of amides is 1. The highest BCUT2D eigenvalue weighted by Crippen LogP contribution is 2.26. The van der Waals surface area contributed by atoms with Crippen molar-refractivity contribution >= 4 is 78.1 Å². The molecule has 3 heterocycles. The van der Waals surface area contributed by atoms with E-state index in [1.54, 1.807) is 12.1 Å². The molecule has 5 rings (SSSR count). The number of fused-ring (bicyclic) bond motifs is 1. The lowest BCUT2D eigenvalue weighted by molar-refractivity contribution is 0.0977. The summed E-state index contributed by atoms with van der Waals surface area (Å²) in [7, 11) is -4.02. The maximum Gasteiger partial charge on any atom is 0.283 e. The molecule has 1 N–H and O–H groups in total. The molecule has 3 aromatic heterocycles. The molecule has 0 bridgehead atoms. The van der Waals surface area contributed by atoms with Gasteiger partial charge in [0.25, 0.3) is 15.9 Å². The molecule has 5 aromatic rings. The van der Waals surface area contributed by atoms with Crippen molar-refractivity contribution in [2.75, 3.05) is 0 Å². The zero-order chi connectivity index (χ0) is 26.9. The normalized spacial score (nSPS) is 11.9. The van der Waals surface area contributed by atoms with Crippen LogP contribution in [0.5, 0.6) is 0 Å². The zero-order valence-electron chi connectivity index (χ0n) is 19.9. The van der Waals surface area contributed by atoms with E-state index in [0.717, 1.165) is 28.0 Å². The van der Waals surface area contributed by atoms with E-state index in [1.807, 2.05) is 72.2 Å². The molecule has 0 unspecified atom stereocenters. The summed E-state index contributed by atoms with van der Waals surface area (Å²) in [6.07, 6.45) is 4.02. The summed E-state index contributed by atoms with van der Waals surface area (Å²) in [6.45, 7) is 2.22. The molecule has 192 valence electrons. The summed E-state index contributed by atoms with van der Waals surface area (Å²) in [5.41, 5.74) is 3.91. The lowest BCUT2D eigenvalue weighted by Crippen LogP contribution is -2.30. The second-order valence-corrected chi connectivity index (χ2v) is 13.2. The Bertz CT molecular complexity index is 1800. The Balaban J connectivity index is 1.39. The molecule has 0 atom stereocenters. The number of rotatable bonds is 7. The Morgan fingerprint density at radius 2 is 1.79 bits per heavy atom. The fraction of sp³-hybridized carbons (Fsp3) is 0.0741. The molecule has 11 heteroatoms. The molecule has 0 aliphatic carbocycles. The van der Waals surface area contributed by atoms with Gasteiger partial charge in [-0.3, -0.25) is 4.79 Å². The number of benzene rings is 2. The minimum absolute atomic E-state index is 0.0244. The van der Waals surface area contributed by atoms with Gasteiger partial charge in [0.1, 0.15) is 21.2 Å². The van der Waals surface area contributed by atoms with E-state index in [-0.39, 0.29) is 9.90 Å². The SMILES string of the molecule is Cc1nc2ccc(C(=O)NS(=O)(=O)c3ccc(Br)s3)nc2n1Cc1ccc(C=Cc2ccccc2)cc1Cl. The van der Waals surface area contributed by atoms with E-state index >= 15 is 0 Å². The largest absolute Gasteiger partial charge is 0.308 e. The molecule has 2 aromatic carbocycles. The molecule has 1 amide bonds. The van der Waals surface area contributed by atoms with Crippen molar-refractivity contribution in [2.24, 2.45) is 0 Å². The first-order valence-corrected chi connectivity index (χ1v) is 14.8. The topological polar surface area (TPSA) is 93.9 Å². The van der Waals surface area contributed by atoms with Crippen LogP contribution in [-0.4, -0.2) is 28.9 Å². The van der Waals surface area contributed by atoms with Crippen molar-refractivity contribution in [3.8, 4) is 0 Å². The number of carbonyl (C=O) groups excluding carboxylic acids is 1. The van der Waals surface area contributed by atoms with Gasteiger partial charge in [-0.2, -0.15) is 0 Å². The van der Waals surface area contributed by atoms with Crippen molar-refractivity contribution in [3.05, 3.63) is 110 Å². The average molecular weight is 628 g/mol. The van der Waals surface area contributed by atoms with Gasteiger partial charge in [-0.15, -0.1) is 11.3 Å². The lowest BCUT2D eigenvalue weighted by Gasteiger charge is -2.10. The van der Waals surface area contributed by atoms with Crippen molar-refractivity contribution in [3.63, 3.8) is 0 Å². The van der Waals surface area contributed by atoms with Crippen LogP contribution in [0.2, 0.25) is 5.02 Å². The molecule has 38 heavy (non-hydrogen) atoms. The molecule has 0 fully saturated rings. The van der Waals surface area contributed by atoms with E-state index in [2.05, 4.69) is 30.6 Å². The van der Waals surface area contributed by atoms with Gasteiger partial charge < -0.3 is 4.57 Å². The summed E-state index contributed by atoms with van der Waals surface area (Å²) in [4.78, 5) is 21.8. The van der Waals surface area contributed by atoms with Crippen LogP contribution >= 0.6 is 38.9 Å². The van der Waals surface area contributed by atoms with Crippen molar-refractivity contribution in [2.45, 2.75) is 17.7 Å². The van der Waals surface area contributed by atoms with Crippen LogP contribution in [0.4, 0.5) is 0 Å². The molecule has 7 nitrogen and oxygen atoms in total. The van der Waals surface area contributed by atoms with Crippen LogP contribution in [0.1, 0.15) is 33.0 Å². The number of imidazole rings is 1. The van der Waals surface area contributed by atoms with E-state index in [9.17, 15) is 13.2 Å². The number of halogens is 2. The third-order valence-corrected chi connectivity index (χ3v) is 9.53. The van der Waals surface area contributed by atoms with E-state index in [4.69, 9.17) is 11.6 Å². The lowest BCUT2D eigenvalue weighted by atomic mass is 10.1. The van der Waals surface area contributed by atoms with E-state index in [0.29, 0.717) is 32.3 Å². The maximum atomic E-state index is 12.8. The van der Waals surface area contributed by atoms with Gasteiger partial charge in [0.05, 0.1) is 10.3 Å². The summed E-state index contributed by atoms with van der Waals surface area (Å²) < 4.78 is 29.8. The fourth-order valence-corrected chi connectivity index (χ4v) is 7.04. The number of hydrogen-bond acceptors (Lipinski definition) is 6. The Morgan fingerprint density at radius 1 is 1.03 bits per heavy atom. The molecule has 0 saturated carbocycles. The third-order valence-electron chi connectivity index (χ3n) is 5.73. The van der Waals surface area contributed by atoms with Gasteiger partial charge in [-0.25, -0.2) is 23.1 Å². The Kier molecular flexibility index (Phi) is 7.49. The summed E-state index contributed by atoms with van der Waals surface area (Å²) in [5.74, 6) is -0.139. The summed E-state index contributed by atoms with van der Waals surface area (Å²) in [5, 5.41) is 0.587. The molecule has 0 saturated heterocycles. The number of hydrogen-bond donors (Lipinski definition) is 1. The van der Waals surface area contributed by atoms with Crippen LogP contribution in [0.3, 0.4) is 0 Å². The van der Waals surface area contributed by atoms with Crippen LogP contribution in [-0.2, 0) is 16.6 Å². The van der Waals surface area contributed by atoms with Crippen molar-refractivity contribution < 1.29 is 13.2 Å². The highest BCUT2D eigenvalue weighted by molar-refractivity contribution is 9.11. The monoisotopic (exact) mass is 626 g/mol. The minimum Gasteiger partial charge on any atom is -0.308 e. The smallest absolute Gasteiger partial charge is 0.283 e. The number of sulfonamides is 1. The first kappa shape index (κ1) is 26.3. The Labute approximate surface area is 237 Å². The maximum absolute atomic E-state index is 12.8. The van der Waals surface area contributed by atoms with Gasteiger partial charge in [0, 0.05) is 5.02 Å². The molecular weight excluding hydrogens is 608 g/mol. The predicted molar refractivity (Wildman–Crippen MR) is 155 cm³/mol. The zero-order valence-corrected chi connectivity index (χ0v) is 23.9. The van der Waals surface area contributed by atoms with Crippen LogP contribution in [0.15, 0.2) is 80.8 Å². The second-order valence-electron chi connectivity index (χ2n) is 8.37. The number of thiophene rings is 1. The highest BCUT2D eigenvalue weighted by Gasteiger charge is 2.22.